The maximum Gasteiger partial charge on any atom is 0.330 e. The SMILES string of the molecule is C=CC(=O)OCSCC1CS1. The Hall–Kier alpha value is -0.0900. The maximum atomic E-state index is 10.5. The van der Waals surface area contributed by atoms with Crippen LogP contribution < -0.4 is 0 Å². The van der Waals surface area contributed by atoms with Crippen LogP contribution in [0.4, 0.5) is 0 Å². The van der Waals surface area contributed by atoms with Crippen LogP contribution in [0.5, 0.6) is 0 Å². The van der Waals surface area contributed by atoms with Crippen LogP contribution in [0.15, 0.2) is 12.7 Å². The van der Waals surface area contributed by atoms with Gasteiger partial charge in [0.1, 0.15) is 5.94 Å². The van der Waals surface area contributed by atoms with Crippen molar-refractivity contribution in [2.45, 2.75) is 5.25 Å². The summed E-state index contributed by atoms with van der Waals surface area (Å²) in [6.07, 6.45) is 1.19. The van der Waals surface area contributed by atoms with E-state index in [1.54, 1.807) is 11.8 Å². The monoisotopic (exact) mass is 190 g/mol. The highest BCUT2D eigenvalue weighted by atomic mass is 32.2. The second-order valence-corrected chi connectivity index (χ2v) is 4.42. The van der Waals surface area contributed by atoms with E-state index in [0.717, 1.165) is 11.0 Å². The Morgan fingerprint density at radius 3 is 3.18 bits per heavy atom. The third kappa shape index (κ3) is 4.37. The molecule has 62 valence electrons. The minimum Gasteiger partial charge on any atom is -0.451 e. The third-order valence-electron chi connectivity index (χ3n) is 1.16. The lowest BCUT2D eigenvalue weighted by Crippen LogP contribution is -2.00. The van der Waals surface area contributed by atoms with Crippen LogP contribution in [0.1, 0.15) is 0 Å². The molecule has 0 N–H and O–H groups in total. The largest absolute Gasteiger partial charge is 0.451 e. The van der Waals surface area contributed by atoms with E-state index in [1.807, 2.05) is 11.8 Å². The van der Waals surface area contributed by atoms with Crippen LogP contribution in [0.3, 0.4) is 0 Å². The fourth-order valence-electron chi connectivity index (χ4n) is 0.502. The second-order valence-electron chi connectivity index (χ2n) is 2.11. The van der Waals surface area contributed by atoms with Crippen LogP contribution in [-0.2, 0) is 9.53 Å². The van der Waals surface area contributed by atoms with Gasteiger partial charge in [0.15, 0.2) is 0 Å². The first-order valence-corrected chi connectivity index (χ1v) is 5.52. The van der Waals surface area contributed by atoms with Crippen LogP contribution in [0.2, 0.25) is 0 Å². The molecule has 1 rings (SSSR count). The molecule has 2 nitrogen and oxygen atoms in total. The Morgan fingerprint density at radius 2 is 2.64 bits per heavy atom. The van der Waals surface area contributed by atoms with Crippen molar-refractivity contribution in [1.29, 1.82) is 0 Å². The van der Waals surface area contributed by atoms with Gasteiger partial charge in [-0.2, -0.15) is 11.8 Å². The van der Waals surface area contributed by atoms with Crippen LogP contribution in [0.25, 0.3) is 0 Å². The summed E-state index contributed by atoms with van der Waals surface area (Å²) in [5, 5.41) is 0.808. The summed E-state index contributed by atoms with van der Waals surface area (Å²) in [5.41, 5.74) is 0. The predicted molar refractivity (Wildman–Crippen MR) is 49.9 cm³/mol. The highest BCUT2D eigenvalue weighted by Gasteiger charge is 2.21. The molecule has 4 heteroatoms. The van der Waals surface area contributed by atoms with E-state index >= 15 is 0 Å². The molecule has 0 amide bonds. The lowest BCUT2D eigenvalue weighted by atomic mass is 10.6. The molecule has 1 fully saturated rings. The second kappa shape index (κ2) is 4.72. The number of ether oxygens (including phenoxy) is 1. The van der Waals surface area contributed by atoms with E-state index in [2.05, 4.69) is 6.58 Å². The molecule has 0 saturated carbocycles. The molecule has 0 aromatic heterocycles. The summed E-state index contributed by atoms with van der Waals surface area (Å²) in [5.74, 6) is 2.49. The predicted octanol–water partition coefficient (Wildman–Crippen LogP) is 1.52. The maximum absolute atomic E-state index is 10.5. The van der Waals surface area contributed by atoms with Gasteiger partial charge in [-0.05, 0) is 0 Å². The van der Waals surface area contributed by atoms with Crippen LogP contribution in [0, 0.1) is 0 Å². The van der Waals surface area contributed by atoms with Gasteiger partial charge in [-0.25, -0.2) is 4.79 Å². The average Bonchev–Trinajstić information content (AvgIpc) is 2.81. The Kier molecular flexibility index (Phi) is 3.86. The van der Waals surface area contributed by atoms with Crippen molar-refractivity contribution in [2.75, 3.05) is 17.4 Å². The van der Waals surface area contributed by atoms with E-state index in [-0.39, 0.29) is 5.97 Å². The van der Waals surface area contributed by atoms with Gasteiger partial charge in [0.25, 0.3) is 0 Å². The molecule has 0 radical (unpaired) electrons. The Morgan fingerprint density at radius 1 is 1.91 bits per heavy atom. The molecule has 0 aliphatic carbocycles. The number of thioether (sulfide) groups is 2. The van der Waals surface area contributed by atoms with Crippen molar-refractivity contribution in [2.24, 2.45) is 0 Å². The molecule has 0 aromatic rings. The number of rotatable bonds is 5. The fraction of sp³-hybridized carbons (Fsp3) is 0.571. The van der Waals surface area contributed by atoms with Crippen LogP contribution >= 0.6 is 23.5 Å². The van der Waals surface area contributed by atoms with Gasteiger partial charge >= 0.3 is 5.97 Å². The smallest absolute Gasteiger partial charge is 0.330 e. The minimum atomic E-state index is -0.332. The molecule has 0 bridgehead atoms. The van der Waals surface area contributed by atoms with Gasteiger partial charge in [-0.3, -0.25) is 0 Å². The van der Waals surface area contributed by atoms with Gasteiger partial charge in [0, 0.05) is 22.8 Å². The summed E-state index contributed by atoms with van der Waals surface area (Å²) in [4.78, 5) is 10.5. The van der Waals surface area contributed by atoms with Crippen molar-refractivity contribution in [3.05, 3.63) is 12.7 Å². The van der Waals surface area contributed by atoms with E-state index in [1.165, 1.54) is 11.8 Å². The molecule has 11 heavy (non-hydrogen) atoms. The summed E-state index contributed by atoms with van der Waals surface area (Å²) >= 11 is 3.61. The lowest BCUT2D eigenvalue weighted by Gasteiger charge is -1.99. The van der Waals surface area contributed by atoms with E-state index in [4.69, 9.17) is 4.74 Å². The first-order valence-electron chi connectivity index (χ1n) is 3.31. The minimum absolute atomic E-state index is 0.332. The third-order valence-corrected chi connectivity index (χ3v) is 3.26. The molecular formula is C7H10O2S2. The average molecular weight is 190 g/mol. The standard InChI is InChI=1S/C7H10O2S2/c1-2-7(8)9-5-10-3-6-4-11-6/h2,6H,1,3-5H2. The molecular weight excluding hydrogens is 180 g/mol. The molecule has 1 heterocycles. The first kappa shape index (κ1) is 9.00. The highest BCUT2D eigenvalue weighted by Crippen LogP contribution is 2.32. The number of hydrogen-bond acceptors (Lipinski definition) is 4. The zero-order valence-electron chi connectivity index (χ0n) is 6.12. The van der Waals surface area contributed by atoms with Gasteiger partial charge in [-0.15, -0.1) is 11.8 Å². The van der Waals surface area contributed by atoms with Gasteiger partial charge < -0.3 is 4.74 Å². The van der Waals surface area contributed by atoms with Crippen LogP contribution in [-0.4, -0.2) is 28.7 Å². The quantitative estimate of drug-likeness (QED) is 0.216. The zero-order valence-corrected chi connectivity index (χ0v) is 7.75. The van der Waals surface area contributed by atoms with Crippen molar-refractivity contribution in [1.82, 2.24) is 0 Å². The van der Waals surface area contributed by atoms with Crippen molar-refractivity contribution in [3.63, 3.8) is 0 Å². The number of esters is 1. The summed E-state index contributed by atoms with van der Waals surface area (Å²) in [6.45, 7) is 3.30. The number of hydrogen-bond donors (Lipinski definition) is 0. The lowest BCUT2D eigenvalue weighted by molar-refractivity contribution is -0.135. The fourth-order valence-corrected chi connectivity index (χ4v) is 2.26. The molecule has 1 aliphatic rings. The molecule has 0 aromatic carbocycles. The van der Waals surface area contributed by atoms with E-state index in [0.29, 0.717) is 5.94 Å². The highest BCUT2D eigenvalue weighted by molar-refractivity contribution is 8.08. The molecule has 1 saturated heterocycles. The normalized spacial score (nSPS) is 20.9. The summed E-state index contributed by atoms with van der Waals surface area (Å²) in [6, 6.07) is 0. The molecule has 0 spiro atoms. The summed E-state index contributed by atoms with van der Waals surface area (Å²) < 4.78 is 4.77. The van der Waals surface area contributed by atoms with Gasteiger partial charge in [-0.1, -0.05) is 6.58 Å². The number of carbonyl (C=O) groups is 1. The van der Waals surface area contributed by atoms with E-state index in [9.17, 15) is 4.79 Å². The Bertz CT molecular complexity index is 155. The van der Waals surface area contributed by atoms with Crippen molar-refractivity contribution >= 4 is 29.5 Å². The van der Waals surface area contributed by atoms with Crippen molar-refractivity contribution in [3.8, 4) is 0 Å². The first-order chi connectivity index (χ1) is 5.33. The Labute approximate surface area is 74.8 Å². The van der Waals surface area contributed by atoms with Crippen molar-refractivity contribution < 1.29 is 9.53 Å². The molecule has 1 aliphatic heterocycles. The molecule has 1 unspecified atom stereocenters. The topological polar surface area (TPSA) is 26.3 Å². The summed E-state index contributed by atoms with van der Waals surface area (Å²) in [7, 11) is 0. The van der Waals surface area contributed by atoms with Gasteiger partial charge in [0.2, 0.25) is 0 Å². The van der Waals surface area contributed by atoms with E-state index < -0.39 is 0 Å². The Balaban J connectivity index is 1.86. The number of carbonyl (C=O) groups excluding carboxylic acids is 1. The zero-order chi connectivity index (χ0) is 8.10. The van der Waals surface area contributed by atoms with Gasteiger partial charge in [0.05, 0.1) is 0 Å². The molecule has 1 atom stereocenters.